The minimum atomic E-state index is 0.515. The molecule has 0 amide bonds. The van der Waals surface area contributed by atoms with Crippen molar-refractivity contribution < 1.29 is 0 Å². The van der Waals surface area contributed by atoms with E-state index in [1.165, 1.54) is 0 Å². The lowest BCUT2D eigenvalue weighted by Crippen LogP contribution is -2.02. The largest absolute Gasteiger partial charge is 0.372 e. The number of rotatable bonds is 3. The minimum absolute atomic E-state index is 0.515. The van der Waals surface area contributed by atoms with Crippen molar-refractivity contribution in [1.82, 2.24) is 9.97 Å². The van der Waals surface area contributed by atoms with Gasteiger partial charge in [0, 0.05) is 12.4 Å². The van der Waals surface area contributed by atoms with Crippen LogP contribution in [0.15, 0.2) is 48.5 Å². The molecule has 3 aromatic rings. The summed E-state index contributed by atoms with van der Waals surface area (Å²) in [6.45, 7) is 0. The highest BCUT2D eigenvalue weighted by Crippen LogP contribution is 2.26. The predicted molar refractivity (Wildman–Crippen MR) is 83.8 cm³/mol. The maximum absolute atomic E-state index is 6.13. The van der Waals surface area contributed by atoms with E-state index in [-0.39, 0.29) is 0 Å². The number of benzene rings is 2. The van der Waals surface area contributed by atoms with Crippen LogP contribution >= 0.6 is 11.6 Å². The molecule has 0 atom stereocenters. The summed E-state index contributed by atoms with van der Waals surface area (Å²) in [7, 11) is 1.84. The Morgan fingerprint density at radius 3 is 2.50 bits per heavy atom. The van der Waals surface area contributed by atoms with Gasteiger partial charge in [-0.15, -0.1) is 0 Å². The van der Waals surface area contributed by atoms with E-state index in [2.05, 4.69) is 20.6 Å². The molecule has 0 aliphatic rings. The van der Waals surface area contributed by atoms with Gasteiger partial charge < -0.3 is 10.6 Å². The van der Waals surface area contributed by atoms with Crippen molar-refractivity contribution in [3.8, 4) is 0 Å². The lowest BCUT2D eigenvalue weighted by atomic mass is 10.2. The van der Waals surface area contributed by atoms with Crippen molar-refractivity contribution in [3.05, 3.63) is 53.6 Å². The van der Waals surface area contributed by atoms with E-state index in [0.29, 0.717) is 11.0 Å². The van der Waals surface area contributed by atoms with Crippen LogP contribution in [-0.4, -0.2) is 17.0 Å². The Kier molecular flexibility index (Phi) is 3.39. The van der Waals surface area contributed by atoms with Gasteiger partial charge in [-0.1, -0.05) is 35.9 Å². The third-order valence-electron chi connectivity index (χ3n) is 2.96. The molecule has 2 N–H and O–H groups in total. The number of anilines is 3. The third kappa shape index (κ3) is 2.38. The van der Waals surface area contributed by atoms with E-state index in [1.807, 2.05) is 55.6 Å². The Hall–Kier alpha value is -2.33. The molecule has 0 saturated carbocycles. The Morgan fingerprint density at radius 1 is 0.950 bits per heavy atom. The molecule has 0 bridgehead atoms. The van der Waals surface area contributed by atoms with Crippen molar-refractivity contribution in [3.63, 3.8) is 0 Å². The molecule has 0 fully saturated rings. The minimum Gasteiger partial charge on any atom is -0.372 e. The normalized spacial score (nSPS) is 10.5. The summed E-state index contributed by atoms with van der Waals surface area (Å²) in [5.41, 5.74) is 1.66. The standard InChI is InChI=1S/C15H13ClN4/c1-17-14-10-6-2-4-8-12(10)18-15(20-14)19-13-9-5-3-7-11(13)16/h2-9H,1H3,(H2,17,18,19,20). The summed E-state index contributed by atoms with van der Waals surface area (Å²) in [4.78, 5) is 8.96. The van der Waals surface area contributed by atoms with E-state index in [1.54, 1.807) is 0 Å². The number of hydrogen-bond acceptors (Lipinski definition) is 4. The number of hydrogen-bond donors (Lipinski definition) is 2. The molecule has 2 aromatic carbocycles. The Labute approximate surface area is 121 Å². The fourth-order valence-electron chi connectivity index (χ4n) is 2.01. The highest BCUT2D eigenvalue weighted by atomic mass is 35.5. The summed E-state index contributed by atoms with van der Waals surface area (Å²) in [5.74, 6) is 1.30. The highest BCUT2D eigenvalue weighted by Gasteiger charge is 2.07. The number of halogens is 1. The summed E-state index contributed by atoms with van der Waals surface area (Å²) >= 11 is 6.13. The van der Waals surface area contributed by atoms with Crippen LogP contribution in [0.2, 0.25) is 5.02 Å². The van der Waals surface area contributed by atoms with Gasteiger partial charge in [-0.2, -0.15) is 4.98 Å². The molecular formula is C15H13ClN4. The molecule has 100 valence electrons. The molecule has 4 nitrogen and oxygen atoms in total. The number of nitrogens with one attached hydrogen (secondary N) is 2. The van der Waals surface area contributed by atoms with Crippen LogP contribution in [0.1, 0.15) is 0 Å². The molecule has 5 heteroatoms. The van der Waals surface area contributed by atoms with Gasteiger partial charge in [0.25, 0.3) is 0 Å². The topological polar surface area (TPSA) is 49.8 Å². The van der Waals surface area contributed by atoms with E-state index in [4.69, 9.17) is 11.6 Å². The number of aromatic nitrogens is 2. The van der Waals surface area contributed by atoms with E-state index < -0.39 is 0 Å². The maximum atomic E-state index is 6.13. The molecule has 0 spiro atoms. The molecule has 0 aliphatic heterocycles. The maximum Gasteiger partial charge on any atom is 0.229 e. The monoisotopic (exact) mass is 284 g/mol. The fourth-order valence-corrected chi connectivity index (χ4v) is 2.19. The molecule has 0 saturated heterocycles. The number of nitrogens with zero attached hydrogens (tertiary/aromatic N) is 2. The second kappa shape index (κ2) is 5.35. The first kappa shape index (κ1) is 12.7. The zero-order valence-electron chi connectivity index (χ0n) is 10.9. The van der Waals surface area contributed by atoms with Crippen LogP contribution in [0.25, 0.3) is 10.9 Å². The fraction of sp³-hybridized carbons (Fsp3) is 0.0667. The van der Waals surface area contributed by atoms with Crippen LogP contribution in [0.5, 0.6) is 0 Å². The first-order chi connectivity index (χ1) is 9.78. The second-order valence-corrected chi connectivity index (χ2v) is 4.68. The molecule has 0 radical (unpaired) electrons. The summed E-state index contributed by atoms with van der Waals surface area (Å²) in [6, 6.07) is 15.4. The van der Waals surface area contributed by atoms with Crippen LogP contribution < -0.4 is 10.6 Å². The lowest BCUT2D eigenvalue weighted by Gasteiger charge is -2.10. The first-order valence-electron chi connectivity index (χ1n) is 6.24. The zero-order chi connectivity index (χ0) is 13.9. The number of para-hydroxylation sites is 2. The van der Waals surface area contributed by atoms with Gasteiger partial charge >= 0.3 is 0 Å². The molecular weight excluding hydrogens is 272 g/mol. The average molecular weight is 285 g/mol. The van der Waals surface area contributed by atoms with Crippen molar-refractivity contribution in [1.29, 1.82) is 0 Å². The van der Waals surface area contributed by atoms with Crippen molar-refractivity contribution in [2.75, 3.05) is 17.7 Å². The summed E-state index contributed by atoms with van der Waals surface area (Å²) in [6.07, 6.45) is 0. The molecule has 20 heavy (non-hydrogen) atoms. The molecule has 1 aromatic heterocycles. The Bertz CT molecular complexity index is 758. The SMILES string of the molecule is CNc1nc(Nc2ccccc2Cl)nc2ccccc12. The van der Waals surface area contributed by atoms with Crippen molar-refractivity contribution >= 4 is 40.0 Å². The van der Waals surface area contributed by atoms with Gasteiger partial charge in [0.15, 0.2) is 0 Å². The van der Waals surface area contributed by atoms with Gasteiger partial charge in [0.1, 0.15) is 5.82 Å². The second-order valence-electron chi connectivity index (χ2n) is 4.27. The van der Waals surface area contributed by atoms with Gasteiger partial charge in [-0.3, -0.25) is 0 Å². The van der Waals surface area contributed by atoms with Crippen LogP contribution in [0.4, 0.5) is 17.5 Å². The van der Waals surface area contributed by atoms with Crippen LogP contribution in [0, 0.1) is 0 Å². The first-order valence-corrected chi connectivity index (χ1v) is 6.62. The Morgan fingerprint density at radius 2 is 1.70 bits per heavy atom. The predicted octanol–water partition coefficient (Wildman–Crippen LogP) is 4.07. The summed E-state index contributed by atoms with van der Waals surface area (Å²) < 4.78 is 0. The highest BCUT2D eigenvalue weighted by molar-refractivity contribution is 6.33. The van der Waals surface area contributed by atoms with E-state index in [0.717, 1.165) is 22.4 Å². The van der Waals surface area contributed by atoms with Gasteiger partial charge in [0.2, 0.25) is 5.95 Å². The quantitative estimate of drug-likeness (QED) is 0.761. The van der Waals surface area contributed by atoms with Crippen molar-refractivity contribution in [2.45, 2.75) is 0 Å². The smallest absolute Gasteiger partial charge is 0.229 e. The lowest BCUT2D eigenvalue weighted by molar-refractivity contribution is 1.20. The number of fused-ring (bicyclic) bond motifs is 1. The van der Waals surface area contributed by atoms with Crippen LogP contribution in [-0.2, 0) is 0 Å². The average Bonchev–Trinajstić information content (AvgIpc) is 2.49. The molecule has 3 rings (SSSR count). The van der Waals surface area contributed by atoms with Gasteiger partial charge in [-0.25, -0.2) is 4.98 Å². The Balaban J connectivity index is 2.06. The van der Waals surface area contributed by atoms with Gasteiger partial charge in [-0.05, 0) is 24.3 Å². The van der Waals surface area contributed by atoms with Crippen molar-refractivity contribution in [2.24, 2.45) is 0 Å². The molecule has 0 aliphatic carbocycles. The molecule has 1 heterocycles. The van der Waals surface area contributed by atoms with Crippen LogP contribution in [0.3, 0.4) is 0 Å². The van der Waals surface area contributed by atoms with E-state index in [9.17, 15) is 0 Å². The van der Waals surface area contributed by atoms with Gasteiger partial charge in [0.05, 0.1) is 16.2 Å². The zero-order valence-corrected chi connectivity index (χ0v) is 11.6. The summed E-state index contributed by atoms with van der Waals surface area (Å²) in [5, 5.41) is 7.85. The van der Waals surface area contributed by atoms with E-state index >= 15 is 0 Å². The third-order valence-corrected chi connectivity index (χ3v) is 3.29. The molecule has 0 unspecified atom stereocenters.